The molecule has 2 N–H and O–H groups in total. The van der Waals surface area contributed by atoms with E-state index in [9.17, 15) is 8.42 Å². The van der Waals surface area contributed by atoms with Gasteiger partial charge in [-0.1, -0.05) is 11.8 Å². The van der Waals surface area contributed by atoms with Crippen molar-refractivity contribution in [1.29, 1.82) is 5.26 Å². The molecule has 0 heterocycles. The molecule has 0 radical (unpaired) electrons. The third-order valence-corrected chi connectivity index (χ3v) is 3.49. The molecule has 0 bridgehead atoms. The number of ether oxygens (including phenoxy) is 1. The summed E-state index contributed by atoms with van der Waals surface area (Å²) in [6.45, 7) is 0. The highest BCUT2D eigenvalue weighted by atomic mass is 32.2. The number of methoxy groups -OCH3 is 1. The first kappa shape index (κ1) is 15.3. The predicted molar refractivity (Wildman–Crippen MR) is 72.2 cm³/mol. The Bertz CT molecular complexity index is 635. The first-order valence-corrected chi connectivity index (χ1v) is 7.52. The largest absolute Gasteiger partial charge is 0.497 e. The maximum Gasteiger partial charge on any atom is 0.296 e. The fraction of sp³-hybridized carbons (Fsp3) is 0.200. The van der Waals surface area contributed by atoms with Crippen LogP contribution in [0.1, 0.15) is 0 Å². The molecule has 0 atom stereocenters. The van der Waals surface area contributed by atoms with Crippen molar-refractivity contribution in [2.24, 2.45) is 4.99 Å². The number of thioether (sulfide) groups is 1. The van der Waals surface area contributed by atoms with Crippen LogP contribution in [0.25, 0.3) is 0 Å². The second-order valence-electron chi connectivity index (χ2n) is 3.17. The lowest BCUT2D eigenvalue weighted by atomic mass is 10.3. The van der Waals surface area contributed by atoms with Crippen molar-refractivity contribution in [3.63, 3.8) is 0 Å². The fourth-order valence-electron chi connectivity index (χ4n) is 1.20. The Morgan fingerprint density at radius 3 is 2.74 bits per heavy atom. The van der Waals surface area contributed by atoms with Crippen molar-refractivity contribution >= 4 is 32.7 Å². The molecule has 1 aromatic carbocycles. The van der Waals surface area contributed by atoms with Gasteiger partial charge in [0.2, 0.25) is 0 Å². The number of benzene rings is 1. The maximum absolute atomic E-state index is 11.3. The maximum atomic E-state index is 11.3. The van der Waals surface area contributed by atoms with Crippen LogP contribution in [0, 0.1) is 11.5 Å². The third kappa shape index (κ3) is 4.13. The lowest BCUT2D eigenvalue weighted by Crippen LogP contribution is -2.12. The highest BCUT2D eigenvalue weighted by Crippen LogP contribution is 2.29. The Morgan fingerprint density at radius 2 is 2.26 bits per heavy atom. The van der Waals surface area contributed by atoms with Crippen LogP contribution in [0.3, 0.4) is 0 Å². The van der Waals surface area contributed by atoms with E-state index in [1.54, 1.807) is 12.4 Å². The fourth-order valence-corrected chi connectivity index (χ4v) is 2.18. The molecule has 0 saturated heterocycles. The van der Waals surface area contributed by atoms with E-state index in [1.165, 1.54) is 19.2 Å². The molecule has 7 nitrogen and oxygen atoms in total. The normalized spacial score (nSPS) is 11.8. The van der Waals surface area contributed by atoms with Gasteiger partial charge in [-0.25, -0.2) is 4.99 Å². The van der Waals surface area contributed by atoms with Gasteiger partial charge in [-0.3, -0.25) is 9.87 Å². The van der Waals surface area contributed by atoms with Crippen molar-refractivity contribution in [3.8, 4) is 11.9 Å². The topological polar surface area (TPSA) is 112 Å². The molecule has 9 heteroatoms. The quantitative estimate of drug-likeness (QED) is 0.285. The van der Waals surface area contributed by atoms with Crippen LogP contribution >= 0.6 is 11.8 Å². The summed E-state index contributed by atoms with van der Waals surface area (Å²) in [4.78, 5) is 3.57. The van der Waals surface area contributed by atoms with Gasteiger partial charge in [0.1, 0.15) is 10.6 Å². The van der Waals surface area contributed by atoms with Crippen molar-refractivity contribution in [1.82, 2.24) is 5.32 Å². The summed E-state index contributed by atoms with van der Waals surface area (Å²) in [5.74, 6) is 0.269. The number of aliphatic imine (C=N–C) groups is 1. The number of hydrogen-bond donors (Lipinski definition) is 2. The molecule has 102 valence electrons. The molecular weight excluding hydrogens is 290 g/mol. The summed E-state index contributed by atoms with van der Waals surface area (Å²) < 4.78 is 36.6. The zero-order chi connectivity index (χ0) is 14.5. The van der Waals surface area contributed by atoms with Crippen LogP contribution in [0.4, 0.5) is 5.69 Å². The molecule has 0 aliphatic rings. The van der Waals surface area contributed by atoms with Crippen molar-refractivity contribution in [3.05, 3.63) is 18.2 Å². The Morgan fingerprint density at radius 1 is 1.58 bits per heavy atom. The first-order chi connectivity index (χ1) is 8.92. The molecule has 0 aliphatic heterocycles. The highest BCUT2D eigenvalue weighted by Gasteiger charge is 2.17. The Kier molecular flexibility index (Phi) is 5.17. The number of nitrogens with zero attached hydrogens (tertiary/aromatic N) is 2. The smallest absolute Gasteiger partial charge is 0.296 e. The van der Waals surface area contributed by atoms with Crippen LogP contribution in [-0.4, -0.2) is 31.5 Å². The predicted octanol–water partition coefficient (Wildman–Crippen LogP) is 1.36. The molecule has 0 aromatic heterocycles. The van der Waals surface area contributed by atoms with Crippen molar-refractivity contribution in [2.75, 3.05) is 13.4 Å². The van der Waals surface area contributed by atoms with Gasteiger partial charge < -0.3 is 4.74 Å². The lowest BCUT2D eigenvalue weighted by Gasteiger charge is -2.07. The summed E-state index contributed by atoms with van der Waals surface area (Å²) in [5.41, 5.74) is 0.00963. The summed E-state index contributed by atoms with van der Waals surface area (Å²) in [6, 6.07) is 4.02. The summed E-state index contributed by atoms with van der Waals surface area (Å²) in [7, 11) is -3.07. The van der Waals surface area contributed by atoms with Gasteiger partial charge in [0, 0.05) is 6.07 Å². The minimum absolute atomic E-state index is 0.00963. The van der Waals surface area contributed by atoms with Crippen LogP contribution in [0.2, 0.25) is 0 Å². The van der Waals surface area contributed by atoms with Gasteiger partial charge in [-0.15, -0.1) is 0 Å². The van der Waals surface area contributed by atoms with Gasteiger partial charge in [-0.05, 0) is 18.4 Å². The Hall–Kier alpha value is -1.76. The van der Waals surface area contributed by atoms with E-state index in [0.29, 0.717) is 0 Å². The van der Waals surface area contributed by atoms with Crippen LogP contribution in [-0.2, 0) is 10.1 Å². The Balaban J connectivity index is 3.40. The number of nitriles is 1. The molecule has 0 aliphatic carbocycles. The van der Waals surface area contributed by atoms with E-state index in [1.807, 2.05) is 0 Å². The molecule has 0 unspecified atom stereocenters. The van der Waals surface area contributed by atoms with Crippen LogP contribution in [0.5, 0.6) is 5.75 Å². The van der Waals surface area contributed by atoms with Crippen LogP contribution < -0.4 is 10.1 Å². The van der Waals surface area contributed by atoms with E-state index in [4.69, 9.17) is 14.6 Å². The zero-order valence-corrected chi connectivity index (χ0v) is 11.7. The molecule has 1 aromatic rings. The van der Waals surface area contributed by atoms with Crippen molar-refractivity contribution in [2.45, 2.75) is 4.90 Å². The number of amidine groups is 1. The minimum Gasteiger partial charge on any atom is -0.497 e. The van der Waals surface area contributed by atoms with Gasteiger partial charge in [-0.2, -0.15) is 13.7 Å². The molecule has 0 amide bonds. The molecule has 1 rings (SSSR count). The number of hydrogen-bond acceptors (Lipinski definition) is 6. The van der Waals surface area contributed by atoms with E-state index in [2.05, 4.69) is 10.3 Å². The standard InChI is InChI=1S/C10H11N3O4S2/c1-17-7-3-4-8(9(5-7)19(14,15)16)13-10(18-2)12-6-11/h3-5H,1-2H3,(H,12,13)(H,14,15,16). The second-order valence-corrected chi connectivity index (χ2v) is 5.35. The van der Waals surface area contributed by atoms with E-state index >= 15 is 0 Å². The molecule has 0 fully saturated rings. The summed E-state index contributed by atoms with van der Waals surface area (Å²) in [5, 5.41) is 11.0. The summed E-state index contributed by atoms with van der Waals surface area (Å²) in [6.07, 6.45) is 3.35. The van der Waals surface area contributed by atoms with Crippen molar-refractivity contribution < 1.29 is 17.7 Å². The van der Waals surface area contributed by atoms with Gasteiger partial charge in [0.15, 0.2) is 11.4 Å². The lowest BCUT2D eigenvalue weighted by molar-refractivity contribution is 0.412. The number of rotatable bonds is 3. The molecule has 0 spiro atoms. The average molecular weight is 301 g/mol. The molecule has 19 heavy (non-hydrogen) atoms. The van der Waals surface area contributed by atoms with E-state index in [0.717, 1.165) is 17.8 Å². The van der Waals surface area contributed by atoms with Gasteiger partial charge >= 0.3 is 0 Å². The van der Waals surface area contributed by atoms with Gasteiger partial charge in [0.05, 0.1) is 12.8 Å². The SMILES string of the molecule is COc1ccc(N=C(NC#N)SC)c(S(=O)(=O)O)c1. The molecular formula is C10H11N3O4S2. The highest BCUT2D eigenvalue weighted by molar-refractivity contribution is 8.13. The minimum atomic E-state index is -4.44. The monoisotopic (exact) mass is 301 g/mol. The van der Waals surface area contributed by atoms with Gasteiger partial charge in [0.25, 0.3) is 10.1 Å². The average Bonchev–Trinajstić information content (AvgIpc) is 2.37. The number of nitrogens with one attached hydrogen (secondary N) is 1. The molecule has 0 saturated carbocycles. The van der Waals surface area contributed by atoms with E-state index < -0.39 is 15.0 Å². The van der Waals surface area contributed by atoms with Crippen LogP contribution in [0.15, 0.2) is 28.1 Å². The summed E-state index contributed by atoms with van der Waals surface area (Å²) >= 11 is 1.13. The zero-order valence-electron chi connectivity index (χ0n) is 10.1. The Labute approximate surface area is 115 Å². The van der Waals surface area contributed by atoms with E-state index in [-0.39, 0.29) is 16.6 Å². The third-order valence-electron chi connectivity index (χ3n) is 2.02. The first-order valence-electron chi connectivity index (χ1n) is 4.85. The second kappa shape index (κ2) is 6.42.